The molecule has 0 amide bonds. The van der Waals surface area contributed by atoms with Crippen molar-refractivity contribution in [3.63, 3.8) is 0 Å². The number of carbonyl (C=O) groups excluding carboxylic acids is 2. The maximum absolute atomic E-state index is 12.0. The average molecular weight is 294 g/mol. The van der Waals surface area contributed by atoms with Crippen LogP contribution >= 0.6 is 0 Å². The molecule has 1 aliphatic rings. The van der Waals surface area contributed by atoms with Crippen molar-refractivity contribution < 1.29 is 23.5 Å². The SMILES string of the molecule is COC(=O)[C@@H]1CC(=O)O[B@@H-]1c1n(C(C)C)cc[n+]1C(C)C. The van der Waals surface area contributed by atoms with E-state index >= 15 is 0 Å². The molecule has 1 fully saturated rings. The van der Waals surface area contributed by atoms with Crippen LogP contribution in [0, 0.1) is 0 Å². The van der Waals surface area contributed by atoms with Crippen LogP contribution in [0.25, 0.3) is 0 Å². The van der Waals surface area contributed by atoms with Crippen molar-refractivity contribution in [2.75, 3.05) is 7.11 Å². The number of hydrogen-bond donors (Lipinski definition) is 0. The zero-order chi connectivity index (χ0) is 15.7. The third kappa shape index (κ3) is 2.82. The summed E-state index contributed by atoms with van der Waals surface area (Å²) in [6.45, 7) is 6.69. The molecular weight excluding hydrogens is 271 g/mol. The Hall–Kier alpha value is -1.79. The number of hydrogen-bond acceptors (Lipinski definition) is 4. The van der Waals surface area contributed by atoms with Gasteiger partial charge in [0.25, 0.3) is 18.9 Å². The fourth-order valence-corrected chi connectivity index (χ4v) is 3.10. The summed E-state index contributed by atoms with van der Waals surface area (Å²) in [5.41, 5.74) is 0.918. The van der Waals surface area contributed by atoms with Gasteiger partial charge in [0.1, 0.15) is 18.1 Å². The minimum atomic E-state index is -1.57. The van der Waals surface area contributed by atoms with Gasteiger partial charge in [0.05, 0.1) is 19.2 Å². The van der Waals surface area contributed by atoms with E-state index in [0.29, 0.717) is 0 Å². The molecule has 2 rings (SSSR count). The standard InChI is InChI=1S/C14H23BN2O4/c1-9(2)16-6-7-17(10(3)4)14(16)15-11(13(19)20-5)8-12(18)21-15/h6-7,9-11,15H,8H2,1-5H3/t11-,15-/m0/s1. The van der Waals surface area contributed by atoms with Gasteiger partial charge in [-0.05, 0) is 33.5 Å². The normalized spacial score (nSPS) is 22.0. The number of imidazole rings is 1. The highest BCUT2D eigenvalue weighted by atomic mass is 16.5. The van der Waals surface area contributed by atoms with Crippen LogP contribution in [0.15, 0.2) is 12.4 Å². The number of rotatable bonds is 4. The molecule has 6 nitrogen and oxygen atoms in total. The third-order valence-corrected chi connectivity index (χ3v) is 4.12. The van der Waals surface area contributed by atoms with Gasteiger partial charge >= 0.3 is 0 Å². The lowest BCUT2D eigenvalue weighted by Gasteiger charge is -2.23. The highest BCUT2D eigenvalue weighted by molar-refractivity contribution is 6.73. The summed E-state index contributed by atoms with van der Waals surface area (Å²) in [7, 11) is 1.35. The van der Waals surface area contributed by atoms with Crippen LogP contribution in [0.2, 0.25) is 5.82 Å². The topological polar surface area (TPSA) is 61.4 Å². The summed E-state index contributed by atoms with van der Waals surface area (Å²) in [4.78, 5) is 23.7. The van der Waals surface area contributed by atoms with Crippen molar-refractivity contribution in [1.82, 2.24) is 4.57 Å². The molecule has 0 N–H and O–H groups in total. The van der Waals surface area contributed by atoms with Crippen LogP contribution in [-0.4, -0.2) is 30.5 Å². The van der Waals surface area contributed by atoms with Gasteiger partial charge in [-0.3, -0.25) is 18.7 Å². The van der Waals surface area contributed by atoms with Crippen LogP contribution in [0.1, 0.15) is 46.2 Å². The molecule has 2 heterocycles. The zero-order valence-electron chi connectivity index (χ0n) is 13.3. The molecule has 0 aromatic carbocycles. The van der Waals surface area contributed by atoms with Crippen molar-refractivity contribution >= 4 is 24.6 Å². The van der Waals surface area contributed by atoms with E-state index in [4.69, 9.17) is 9.39 Å². The maximum atomic E-state index is 12.0. The van der Waals surface area contributed by atoms with Crippen LogP contribution in [0.3, 0.4) is 0 Å². The molecular formula is C14H23BN2O4. The third-order valence-electron chi connectivity index (χ3n) is 4.12. The van der Waals surface area contributed by atoms with Gasteiger partial charge in [-0.2, -0.15) is 0 Å². The lowest BCUT2D eigenvalue weighted by atomic mass is 9.55. The first-order chi connectivity index (χ1) is 9.86. The number of ether oxygens (including phenoxy) is 1. The largest absolute Gasteiger partial charge is 0.680 e. The number of methoxy groups -OCH3 is 1. The zero-order valence-corrected chi connectivity index (χ0v) is 13.3. The van der Waals surface area contributed by atoms with E-state index in [1.165, 1.54) is 7.11 Å². The smallest absolute Gasteiger partial charge is 0.285 e. The van der Waals surface area contributed by atoms with E-state index in [1.807, 2.05) is 12.4 Å². The second-order valence-corrected chi connectivity index (χ2v) is 6.17. The quantitative estimate of drug-likeness (QED) is 0.457. The summed E-state index contributed by atoms with van der Waals surface area (Å²) in [6, 6.07) is 0.454. The van der Waals surface area contributed by atoms with Crippen molar-refractivity contribution in [2.45, 2.75) is 52.0 Å². The molecule has 1 aromatic rings. The van der Waals surface area contributed by atoms with Crippen molar-refractivity contribution in [2.24, 2.45) is 0 Å². The molecule has 0 bridgehead atoms. The monoisotopic (exact) mass is 294 g/mol. The van der Waals surface area contributed by atoms with E-state index in [-0.39, 0.29) is 30.4 Å². The van der Waals surface area contributed by atoms with E-state index in [9.17, 15) is 9.59 Å². The molecule has 2 atom stereocenters. The molecule has 0 spiro atoms. The summed E-state index contributed by atoms with van der Waals surface area (Å²) >= 11 is 0. The van der Waals surface area contributed by atoms with Gasteiger partial charge < -0.3 is 9.39 Å². The Morgan fingerprint density at radius 2 is 2.14 bits per heavy atom. The second-order valence-electron chi connectivity index (χ2n) is 6.17. The number of nitrogens with zero attached hydrogens (tertiary/aromatic N) is 2. The van der Waals surface area contributed by atoms with E-state index in [2.05, 4.69) is 36.8 Å². The maximum Gasteiger partial charge on any atom is 0.285 e. The van der Waals surface area contributed by atoms with Crippen LogP contribution < -0.4 is 10.3 Å². The first-order valence-corrected chi connectivity index (χ1v) is 7.45. The van der Waals surface area contributed by atoms with Crippen LogP contribution in [0.4, 0.5) is 0 Å². The summed E-state index contributed by atoms with van der Waals surface area (Å²) in [5, 5.41) is 0. The summed E-state index contributed by atoms with van der Waals surface area (Å²) in [6.07, 6.45) is 4.06. The Labute approximate surface area is 125 Å². The fourth-order valence-electron chi connectivity index (χ4n) is 3.10. The van der Waals surface area contributed by atoms with E-state index in [0.717, 1.165) is 5.72 Å². The van der Waals surface area contributed by atoms with Gasteiger partial charge in [0, 0.05) is 6.42 Å². The lowest BCUT2D eigenvalue weighted by Crippen LogP contribution is -2.61. The van der Waals surface area contributed by atoms with Crippen molar-refractivity contribution in [3.05, 3.63) is 12.4 Å². The Bertz CT molecular complexity index is 528. The molecule has 1 aliphatic heterocycles. The minimum absolute atomic E-state index is 0.105. The molecule has 0 unspecified atom stereocenters. The first kappa shape index (κ1) is 15.6. The molecule has 1 aromatic heterocycles. The lowest BCUT2D eigenvalue weighted by molar-refractivity contribution is -0.699. The molecule has 0 aliphatic carbocycles. The van der Waals surface area contributed by atoms with Crippen molar-refractivity contribution in [3.8, 4) is 0 Å². The Morgan fingerprint density at radius 1 is 1.48 bits per heavy atom. The molecule has 21 heavy (non-hydrogen) atoms. The van der Waals surface area contributed by atoms with Crippen molar-refractivity contribution in [1.29, 1.82) is 0 Å². The highest BCUT2D eigenvalue weighted by Crippen LogP contribution is 2.26. The predicted octanol–water partition coefficient (Wildman–Crippen LogP) is 0.358. The molecule has 7 heteroatoms. The Balaban J connectivity index is 2.50. The molecule has 0 radical (unpaired) electrons. The molecule has 0 saturated carbocycles. The number of carbonyl (C=O) groups is 2. The van der Waals surface area contributed by atoms with Gasteiger partial charge in [-0.15, -0.1) is 0 Å². The summed E-state index contributed by atoms with van der Waals surface area (Å²) < 4.78 is 14.5. The molecule has 116 valence electrons. The average Bonchev–Trinajstić information content (AvgIpc) is 3.00. The predicted molar refractivity (Wildman–Crippen MR) is 78.7 cm³/mol. The summed E-state index contributed by atoms with van der Waals surface area (Å²) in [5.74, 6) is -1.19. The van der Waals surface area contributed by atoms with Gasteiger partial charge in [-0.25, -0.2) is 0 Å². The fraction of sp³-hybridized carbons (Fsp3) is 0.643. The Morgan fingerprint density at radius 3 is 2.67 bits per heavy atom. The minimum Gasteiger partial charge on any atom is -0.680 e. The van der Waals surface area contributed by atoms with Crippen LogP contribution in [-0.2, 0) is 19.0 Å². The first-order valence-electron chi connectivity index (χ1n) is 7.45. The number of esters is 1. The second kappa shape index (κ2) is 5.91. The van der Waals surface area contributed by atoms with E-state index < -0.39 is 12.7 Å². The Kier molecular flexibility index (Phi) is 4.39. The molecule has 1 saturated heterocycles. The van der Waals surface area contributed by atoms with Crippen LogP contribution in [0.5, 0.6) is 0 Å². The van der Waals surface area contributed by atoms with Gasteiger partial charge in [0.15, 0.2) is 0 Å². The van der Waals surface area contributed by atoms with E-state index in [1.54, 1.807) is 0 Å². The van der Waals surface area contributed by atoms with Gasteiger partial charge in [-0.1, -0.05) is 0 Å². The number of aromatic nitrogens is 2. The highest BCUT2D eigenvalue weighted by Gasteiger charge is 2.42. The van der Waals surface area contributed by atoms with Gasteiger partial charge in [0.2, 0.25) is 0 Å².